The Morgan fingerprint density at radius 3 is 2.75 bits per heavy atom. The van der Waals surface area contributed by atoms with Crippen LogP contribution >= 0.6 is 0 Å². The van der Waals surface area contributed by atoms with Crippen molar-refractivity contribution in [2.24, 2.45) is 5.73 Å². The van der Waals surface area contributed by atoms with Crippen LogP contribution in [0.5, 0.6) is 0 Å². The maximum atomic E-state index is 12.4. The maximum Gasteiger partial charge on any atom is 0.412 e. The number of rotatable bonds is 3. The van der Waals surface area contributed by atoms with Gasteiger partial charge in [-0.2, -0.15) is 13.2 Å². The number of carbonyl (C=O) groups is 1. The second-order valence-electron chi connectivity index (χ2n) is 2.83. The van der Waals surface area contributed by atoms with Crippen molar-refractivity contribution in [1.29, 1.82) is 0 Å². The molecule has 2 N–H and O–H groups in total. The van der Waals surface area contributed by atoms with Gasteiger partial charge in [-0.3, -0.25) is 0 Å². The second-order valence-corrected chi connectivity index (χ2v) is 2.83. The minimum absolute atomic E-state index is 0.440. The molecule has 1 rings (SSSR count). The highest BCUT2D eigenvalue weighted by Crippen LogP contribution is 2.28. The first-order valence-corrected chi connectivity index (χ1v) is 4.16. The molecule has 0 aliphatic heterocycles. The number of nitrogens with zero attached hydrogens (tertiary/aromatic N) is 3. The fraction of sp³-hybridized carbons (Fsp3) is 0.571. The monoisotopic (exact) mass is 238 g/mol. The Morgan fingerprint density at radius 1 is 1.69 bits per heavy atom. The van der Waals surface area contributed by atoms with Gasteiger partial charge in [0, 0.05) is 6.54 Å². The maximum absolute atomic E-state index is 12.4. The van der Waals surface area contributed by atoms with Crippen molar-refractivity contribution in [2.75, 3.05) is 13.7 Å². The average Bonchev–Trinajstić information content (AvgIpc) is 2.64. The van der Waals surface area contributed by atoms with Crippen LogP contribution in [0.4, 0.5) is 13.2 Å². The van der Waals surface area contributed by atoms with Gasteiger partial charge in [-0.1, -0.05) is 0 Å². The molecule has 0 spiro atoms. The highest BCUT2D eigenvalue weighted by Gasteiger charge is 2.41. The van der Waals surface area contributed by atoms with Crippen LogP contribution in [0.3, 0.4) is 0 Å². The van der Waals surface area contributed by atoms with Crippen molar-refractivity contribution < 1.29 is 22.7 Å². The SMILES string of the molecule is COC(=O)c1ncn(C(CN)C(F)(F)F)n1. The minimum atomic E-state index is -4.55. The van der Waals surface area contributed by atoms with Gasteiger partial charge in [0.05, 0.1) is 7.11 Å². The molecule has 1 atom stereocenters. The lowest BCUT2D eigenvalue weighted by Crippen LogP contribution is -2.33. The lowest BCUT2D eigenvalue weighted by molar-refractivity contribution is -0.167. The van der Waals surface area contributed by atoms with Crippen LogP contribution in [0.2, 0.25) is 0 Å². The number of ether oxygens (including phenoxy) is 1. The predicted molar refractivity (Wildman–Crippen MR) is 45.5 cm³/mol. The summed E-state index contributed by atoms with van der Waals surface area (Å²) in [6.45, 7) is -0.687. The van der Waals surface area contributed by atoms with E-state index >= 15 is 0 Å². The number of nitrogens with two attached hydrogens (primary N) is 1. The molecule has 0 radical (unpaired) electrons. The van der Waals surface area contributed by atoms with E-state index in [0.717, 1.165) is 13.4 Å². The summed E-state index contributed by atoms with van der Waals surface area (Å²) in [5, 5.41) is 3.35. The Hall–Kier alpha value is -1.64. The first-order chi connectivity index (χ1) is 7.40. The third-order valence-electron chi connectivity index (χ3n) is 1.80. The van der Waals surface area contributed by atoms with E-state index in [1.165, 1.54) is 0 Å². The van der Waals surface area contributed by atoms with Crippen LogP contribution < -0.4 is 5.73 Å². The number of aromatic nitrogens is 3. The molecule has 16 heavy (non-hydrogen) atoms. The van der Waals surface area contributed by atoms with Crippen molar-refractivity contribution in [2.45, 2.75) is 12.2 Å². The molecule has 6 nitrogen and oxygen atoms in total. The number of halogens is 3. The van der Waals surface area contributed by atoms with Crippen LogP contribution in [0.1, 0.15) is 16.7 Å². The summed E-state index contributed by atoms with van der Waals surface area (Å²) in [5.74, 6) is -1.35. The summed E-state index contributed by atoms with van der Waals surface area (Å²) >= 11 is 0. The van der Waals surface area contributed by atoms with Gasteiger partial charge in [0.2, 0.25) is 0 Å². The van der Waals surface area contributed by atoms with Crippen LogP contribution in [0.15, 0.2) is 6.33 Å². The van der Waals surface area contributed by atoms with Crippen molar-refractivity contribution in [1.82, 2.24) is 14.8 Å². The lowest BCUT2D eigenvalue weighted by atomic mass is 10.3. The number of hydrogen-bond acceptors (Lipinski definition) is 5. The molecule has 9 heteroatoms. The fourth-order valence-corrected chi connectivity index (χ4v) is 1.00. The summed E-state index contributed by atoms with van der Waals surface area (Å²) in [6, 6.07) is -2.00. The van der Waals surface area contributed by atoms with E-state index in [1.54, 1.807) is 0 Å². The Labute approximate surface area is 88.2 Å². The topological polar surface area (TPSA) is 83.0 Å². The normalized spacial score (nSPS) is 13.6. The predicted octanol–water partition coefficient (Wildman–Crippen LogP) is 0.127. The summed E-state index contributed by atoms with van der Waals surface area (Å²) < 4.78 is 42.0. The molecule has 90 valence electrons. The van der Waals surface area contributed by atoms with Gasteiger partial charge < -0.3 is 10.5 Å². The first kappa shape index (κ1) is 12.4. The lowest BCUT2D eigenvalue weighted by Gasteiger charge is -2.17. The Bertz CT molecular complexity index is 376. The quantitative estimate of drug-likeness (QED) is 0.756. The van der Waals surface area contributed by atoms with Crippen molar-refractivity contribution >= 4 is 5.97 Å². The zero-order valence-corrected chi connectivity index (χ0v) is 8.23. The summed E-state index contributed by atoms with van der Waals surface area (Å²) in [7, 11) is 1.08. The van der Waals surface area contributed by atoms with Crippen molar-refractivity contribution in [3.63, 3.8) is 0 Å². The largest absolute Gasteiger partial charge is 0.463 e. The Morgan fingerprint density at radius 2 is 2.31 bits per heavy atom. The number of alkyl halides is 3. The molecule has 0 saturated heterocycles. The standard InChI is InChI=1S/C7H9F3N4O2/c1-16-6(15)5-12-3-14(13-5)4(2-11)7(8,9)10/h3-4H,2,11H2,1H3. The molecule has 0 amide bonds. The van der Waals surface area contributed by atoms with E-state index < -0.39 is 30.6 Å². The summed E-state index contributed by atoms with van der Waals surface area (Å²) in [6.07, 6.45) is -3.76. The van der Waals surface area contributed by atoms with Crippen LogP contribution in [0.25, 0.3) is 0 Å². The van der Waals surface area contributed by atoms with Crippen molar-refractivity contribution in [3.8, 4) is 0 Å². The number of esters is 1. The summed E-state index contributed by atoms with van der Waals surface area (Å²) in [5.41, 5.74) is 4.98. The van der Waals surface area contributed by atoms with Gasteiger partial charge in [-0.15, -0.1) is 5.10 Å². The van der Waals surface area contributed by atoms with Crippen LogP contribution in [0, 0.1) is 0 Å². The van der Waals surface area contributed by atoms with Gasteiger partial charge in [-0.25, -0.2) is 14.5 Å². The van der Waals surface area contributed by atoms with E-state index in [9.17, 15) is 18.0 Å². The zero-order valence-electron chi connectivity index (χ0n) is 8.23. The molecule has 0 aliphatic carbocycles. The molecule has 1 heterocycles. The van der Waals surface area contributed by atoms with Crippen molar-refractivity contribution in [3.05, 3.63) is 12.2 Å². The highest BCUT2D eigenvalue weighted by atomic mass is 19.4. The van der Waals surface area contributed by atoms with E-state index in [1.807, 2.05) is 0 Å². The molecular weight excluding hydrogens is 229 g/mol. The highest BCUT2D eigenvalue weighted by molar-refractivity contribution is 5.84. The van der Waals surface area contributed by atoms with Gasteiger partial charge >= 0.3 is 12.1 Å². The summed E-state index contributed by atoms with van der Waals surface area (Å²) in [4.78, 5) is 14.3. The van der Waals surface area contributed by atoms with Gasteiger partial charge in [-0.05, 0) is 0 Å². The van der Waals surface area contributed by atoms with E-state index in [4.69, 9.17) is 5.73 Å². The Balaban J connectivity index is 2.96. The Kier molecular flexibility index (Phi) is 3.48. The van der Waals surface area contributed by atoms with Gasteiger partial charge in [0.15, 0.2) is 6.04 Å². The van der Waals surface area contributed by atoms with Crippen LogP contribution in [-0.4, -0.2) is 40.6 Å². The van der Waals surface area contributed by atoms with E-state index in [2.05, 4.69) is 14.8 Å². The first-order valence-electron chi connectivity index (χ1n) is 4.16. The zero-order chi connectivity index (χ0) is 12.3. The second kappa shape index (κ2) is 4.47. The molecule has 0 fully saturated rings. The molecule has 1 unspecified atom stereocenters. The van der Waals surface area contributed by atoms with Gasteiger partial charge in [0.1, 0.15) is 6.33 Å². The average molecular weight is 238 g/mol. The molecular formula is C7H9F3N4O2. The minimum Gasteiger partial charge on any atom is -0.463 e. The van der Waals surface area contributed by atoms with E-state index in [-0.39, 0.29) is 0 Å². The molecule has 0 aliphatic rings. The molecule has 1 aromatic rings. The number of carbonyl (C=O) groups excluding carboxylic acids is 1. The molecule has 0 aromatic carbocycles. The van der Waals surface area contributed by atoms with E-state index in [0.29, 0.717) is 4.68 Å². The smallest absolute Gasteiger partial charge is 0.412 e. The van der Waals surface area contributed by atoms with Crippen LogP contribution in [-0.2, 0) is 4.74 Å². The fourth-order valence-electron chi connectivity index (χ4n) is 1.00. The number of methoxy groups -OCH3 is 1. The molecule has 0 bridgehead atoms. The number of hydrogen-bond donors (Lipinski definition) is 1. The molecule has 0 saturated carbocycles. The third kappa shape index (κ3) is 2.48. The third-order valence-corrected chi connectivity index (χ3v) is 1.80. The van der Waals surface area contributed by atoms with Gasteiger partial charge in [0.25, 0.3) is 5.82 Å². The molecule has 1 aromatic heterocycles.